The Morgan fingerprint density at radius 1 is 0.600 bits per heavy atom. The summed E-state index contributed by atoms with van der Waals surface area (Å²) in [6, 6.07) is 17.7. The van der Waals surface area contributed by atoms with Gasteiger partial charge in [-0.2, -0.15) is 0 Å². The van der Waals surface area contributed by atoms with Gasteiger partial charge < -0.3 is 14.6 Å². The van der Waals surface area contributed by atoms with Crippen molar-refractivity contribution in [2.45, 2.75) is 0 Å². The third-order valence-corrected chi connectivity index (χ3v) is 4.09. The summed E-state index contributed by atoms with van der Waals surface area (Å²) in [5, 5.41) is 20.1. The maximum Gasteiger partial charge on any atom is 0.271 e. The smallest absolute Gasteiger partial charge is 0.271 e. The Balaban J connectivity index is 2.09. The summed E-state index contributed by atoms with van der Waals surface area (Å²) in [4.78, 5) is 24.5. The number of furan rings is 1. The van der Waals surface area contributed by atoms with Crippen molar-refractivity contribution in [1.82, 2.24) is 0 Å². The van der Waals surface area contributed by atoms with E-state index >= 15 is 0 Å². The molecule has 2 aromatic carbocycles. The minimum Gasteiger partial charge on any atom is -0.504 e. The highest BCUT2D eigenvalue weighted by molar-refractivity contribution is 6.52. The highest BCUT2D eigenvalue weighted by atomic mass is 16.3. The predicted molar refractivity (Wildman–Crippen MR) is 91.1 cm³/mol. The second-order valence-electron chi connectivity index (χ2n) is 5.60. The van der Waals surface area contributed by atoms with Crippen molar-refractivity contribution in [3.05, 3.63) is 77.5 Å². The fraction of sp³-hybridized carbons (Fsp3) is 0. The SMILES string of the molecule is O=C1C(=O)c2c(-c3ccccc3)oc(-c3ccccc3)c2C(O)=C1O. The van der Waals surface area contributed by atoms with E-state index in [9.17, 15) is 19.8 Å². The van der Waals surface area contributed by atoms with Crippen LogP contribution in [0.4, 0.5) is 0 Å². The third-order valence-electron chi connectivity index (χ3n) is 4.09. The zero-order valence-corrected chi connectivity index (χ0v) is 12.9. The summed E-state index contributed by atoms with van der Waals surface area (Å²) in [7, 11) is 0. The molecule has 0 unspecified atom stereocenters. The molecule has 0 fully saturated rings. The van der Waals surface area contributed by atoms with E-state index in [2.05, 4.69) is 0 Å². The van der Waals surface area contributed by atoms with E-state index in [1.807, 2.05) is 12.1 Å². The number of fused-ring (bicyclic) bond motifs is 1. The molecule has 0 spiro atoms. The number of carbonyl (C=O) groups is 2. The van der Waals surface area contributed by atoms with Gasteiger partial charge in [-0.25, -0.2) is 0 Å². The van der Waals surface area contributed by atoms with Gasteiger partial charge in [-0.3, -0.25) is 9.59 Å². The predicted octanol–water partition coefficient (Wildman–Crippen LogP) is 4.16. The topological polar surface area (TPSA) is 87.7 Å². The van der Waals surface area contributed by atoms with Gasteiger partial charge in [-0.15, -0.1) is 0 Å². The standard InChI is InChI=1S/C20H12O5/c21-15-13-14(16(22)18(24)17(15)23)20(12-9-5-2-6-10-12)25-19(13)11-7-3-1-4-8-11/h1-10,21,23H. The van der Waals surface area contributed by atoms with Crippen molar-refractivity contribution in [3.8, 4) is 22.6 Å². The first-order valence-electron chi connectivity index (χ1n) is 7.59. The molecule has 1 aromatic heterocycles. The lowest BCUT2D eigenvalue weighted by atomic mass is 9.90. The molecule has 3 aromatic rings. The van der Waals surface area contributed by atoms with Crippen LogP contribution in [-0.2, 0) is 4.79 Å². The Kier molecular flexibility index (Phi) is 3.28. The van der Waals surface area contributed by atoms with Crippen LogP contribution < -0.4 is 0 Å². The van der Waals surface area contributed by atoms with Gasteiger partial charge in [-0.1, -0.05) is 60.7 Å². The third kappa shape index (κ3) is 2.17. The molecule has 1 aliphatic carbocycles. The quantitative estimate of drug-likeness (QED) is 0.688. The monoisotopic (exact) mass is 332 g/mol. The molecule has 1 heterocycles. The average Bonchev–Trinajstić information content (AvgIpc) is 3.07. The number of Topliss-reactive ketones (excluding diaryl/α,β-unsaturated/α-hetero) is 2. The molecule has 4 rings (SSSR count). The number of hydrogen-bond donors (Lipinski definition) is 2. The van der Waals surface area contributed by atoms with Crippen molar-refractivity contribution in [2.75, 3.05) is 0 Å². The van der Waals surface area contributed by atoms with Crippen LogP contribution in [0.15, 0.2) is 70.8 Å². The van der Waals surface area contributed by atoms with Crippen LogP contribution in [0.3, 0.4) is 0 Å². The lowest BCUT2D eigenvalue weighted by Crippen LogP contribution is -2.23. The summed E-state index contributed by atoms with van der Waals surface area (Å²) < 4.78 is 5.90. The number of hydrogen-bond acceptors (Lipinski definition) is 5. The Hall–Kier alpha value is -3.60. The fourth-order valence-corrected chi connectivity index (χ4v) is 2.91. The van der Waals surface area contributed by atoms with Crippen LogP contribution in [0.5, 0.6) is 0 Å². The molecule has 122 valence electrons. The summed E-state index contributed by atoms with van der Waals surface area (Å²) in [5.74, 6) is -3.26. The molecule has 0 saturated heterocycles. The molecule has 1 aliphatic rings. The van der Waals surface area contributed by atoms with E-state index in [0.717, 1.165) is 0 Å². The largest absolute Gasteiger partial charge is 0.504 e. The van der Waals surface area contributed by atoms with Crippen molar-refractivity contribution >= 4 is 17.3 Å². The molecule has 25 heavy (non-hydrogen) atoms. The van der Waals surface area contributed by atoms with Crippen LogP contribution in [0, 0.1) is 0 Å². The Labute approximate surface area is 142 Å². The Bertz CT molecular complexity index is 1030. The van der Waals surface area contributed by atoms with Gasteiger partial charge in [-0.05, 0) is 0 Å². The molecule has 0 saturated carbocycles. The fourth-order valence-electron chi connectivity index (χ4n) is 2.91. The summed E-state index contributed by atoms with van der Waals surface area (Å²) >= 11 is 0. The van der Waals surface area contributed by atoms with Crippen LogP contribution in [0.25, 0.3) is 28.4 Å². The molecular formula is C20H12O5. The van der Waals surface area contributed by atoms with E-state index in [4.69, 9.17) is 4.42 Å². The number of aliphatic hydroxyl groups is 2. The zero-order chi connectivity index (χ0) is 17.6. The first kappa shape index (κ1) is 15.0. The number of carbonyl (C=O) groups excluding carboxylic acids is 2. The minimum atomic E-state index is -1.15. The first-order chi connectivity index (χ1) is 12.1. The van der Waals surface area contributed by atoms with E-state index in [-0.39, 0.29) is 22.6 Å². The van der Waals surface area contributed by atoms with Crippen molar-refractivity contribution in [3.63, 3.8) is 0 Å². The van der Waals surface area contributed by atoms with Gasteiger partial charge in [0.25, 0.3) is 5.78 Å². The molecule has 0 amide bonds. The van der Waals surface area contributed by atoms with Gasteiger partial charge in [0.1, 0.15) is 11.5 Å². The van der Waals surface area contributed by atoms with E-state index < -0.39 is 23.1 Å². The first-order valence-corrected chi connectivity index (χ1v) is 7.59. The lowest BCUT2D eigenvalue weighted by Gasteiger charge is -2.11. The summed E-state index contributed by atoms with van der Waals surface area (Å²) in [6.45, 7) is 0. The number of benzene rings is 2. The van der Waals surface area contributed by atoms with Crippen LogP contribution in [-0.4, -0.2) is 21.8 Å². The van der Waals surface area contributed by atoms with E-state index in [0.29, 0.717) is 11.1 Å². The molecule has 0 radical (unpaired) electrons. The van der Waals surface area contributed by atoms with Gasteiger partial charge in [0.15, 0.2) is 5.76 Å². The number of rotatable bonds is 2. The number of ketones is 2. The lowest BCUT2D eigenvalue weighted by molar-refractivity contribution is -0.114. The number of aliphatic hydroxyl groups excluding tert-OH is 2. The molecule has 5 heteroatoms. The Morgan fingerprint density at radius 2 is 1.08 bits per heavy atom. The van der Waals surface area contributed by atoms with Gasteiger partial charge in [0.2, 0.25) is 11.5 Å². The second kappa shape index (κ2) is 5.49. The number of allylic oxidation sites excluding steroid dienone is 1. The van der Waals surface area contributed by atoms with Gasteiger partial charge in [0.05, 0.1) is 11.1 Å². The molecule has 0 bridgehead atoms. The highest BCUT2D eigenvalue weighted by Gasteiger charge is 2.40. The molecule has 2 N–H and O–H groups in total. The maximum absolute atomic E-state index is 12.5. The zero-order valence-electron chi connectivity index (χ0n) is 12.9. The van der Waals surface area contributed by atoms with Crippen molar-refractivity contribution in [1.29, 1.82) is 0 Å². The summed E-state index contributed by atoms with van der Waals surface area (Å²) in [6.07, 6.45) is 0. The normalized spacial score (nSPS) is 13.9. The molecule has 0 aliphatic heterocycles. The van der Waals surface area contributed by atoms with Crippen molar-refractivity contribution < 1.29 is 24.2 Å². The van der Waals surface area contributed by atoms with Crippen molar-refractivity contribution in [2.24, 2.45) is 0 Å². The highest BCUT2D eigenvalue weighted by Crippen LogP contribution is 2.43. The summed E-state index contributed by atoms with van der Waals surface area (Å²) in [5.41, 5.74) is 1.20. The van der Waals surface area contributed by atoms with Gasteiger partial charge in [0, 0.05) is 11.1 Å². The minimum absolute atomic E-state index is 0.0344. The second-order valence-corrected chi connectivity index (χ2v) is 5.60. The maximum atomic E-state index is 12.5. The van der Waals surface area contributed by atoms with E-state index in [1.165, 1.54) is 0 Å². The van der Waals surface area contributed by atoms with Crippen LogP contribution >= 0.6 is 0 Å². The average molecular weight is 332 g/mol. The van der Waals surface area contributed by atoms with Gasteiger partial charge >= 0.3 is 0 Å². The molecule has 0 atom stereocenters. The van der Waals surface area contributed by atoms with Crippen LogP contribution in [0.1, 0.15) is 15.9 Å². The van der Waals surface area contributed by atoms with E-state index in [1.54, 1.807) is 48.5 Å². The Morgan fingerprint density at radius 3 is 1.60 bits per heavy atom. The van der Waals surface area contributed by atoms with Crippen LogP contribution in [0.2, 0.25) is 0 Å². The molecule has 5 nitrogen and oxygen atoms in total. The molecular weight excluding hydrogens is 320 g/mol.